The van der Waals surface area contributed by atoms with Gasteiger partial charge in [-0.25, -0.2) is 19.3 Å². The zero-order valence-corrected chi connectivity index (χ0v) is 20.7. The van der Waals surface area contributed by atoms with E-state index < -0.39 is 42.4 Å². The number of imidazole rings is 1. The molecule has 3 aliphatic rings. The number of ether oxygens (including phenoxy) is 3. The lowest BCUT2D eigenvalue weighted by Gasteiger charge is -2.24. The molecule has 38 heavy (non-hydrogen) atoms. The zero-order valence-electron chi connectivity index (χ0n) is 20.7. The van der Waals surface area contributed by atoms with Crippen LogP contribution in [0.2, 0.25) is 0 Å². The van der Waals surface area contributed by atoms with E-state index >= 15 is 0 Å². The predicted molar refractivity (Wildman–Crippen MR) is 129 cm³/mol. The fourth-order valence-corrected chi connectivity index (χ4v) is 5.54. The normalized spacial score (nSPS) is 30.9. The van der Waals surface area contributed by atoms with Crippen molar-refractivity contribution in [1.82, 2.24) is 19.5 Å². The zero-order chi connectivity index (χ0) is 26.7. The number of aromatic nitrogens is 4. The summed E-state index contributed by atoms with van der Waals surface area (Å²) in [5.74, 6) is -2.16. The molecule has 0 bridgehead atoms. The Labute approximate surface area is 216 Å². The third-order valence-corrected chi connectivity index (χ3v) is 7.31. The summed E-state index contributed by atoms with van der Waals surface area (Å²) < 4.78 is 73.9. The van der Waals surface area contributed by atoms with Crippen molar-refractivity contribution in [3.8, 4) is 0 Å². The summed E-state index contributed by atoms with van der Waals surface area (Å²) in [5, 5.41) is 3.13. The average molecular weight is 534 g/mol. The first-order chi connectivity index (χ1) is 18.1. The highest BCUT2D eigenvalue weighted by Gasteiger charge is 2.55. The van der Waals surface area contributed by atoms with Gasteiger partial charge in [0.05, 0.1) is 12.2 Å². The van der Waals surface area contributed by atoms with Crippen molar-refractivity contribution in [3.63, 3.8) is 0 Å². The van der Waals surface area contributed by atoms with Crippen molar-refractivity contribution in [2.45, 2.75) is 75.7 Å². The molecule has 0 amide bonds. The molecule has 2 unspecified atom stereocenters. The van der Waals surface area contributed by atoms with Crippen molar-refractivity contribution in [1.29, 1.82) is 0 Å². The number of fused-ring (bicyclic) bond motifs is 2. The van der Waals surface area contributed by atoms with Crippen LogP contribution in [0.4, 0.5) is 23.4 Å². The Kier molecular flexibility index (Phi) is 6.15. The number of alkyl halides is 3. The van der Waals surface area contributed by atoms with Crippen LogP contribution in [-0.2, 0) is 14.2 Å². The molecule has 8 nitrogen and oxygen atoms in total. The van der Waals surface area contributed by atoms with Crippen LogP contribution in [-0.4, -0.2) is 55.8 Å². The molecule has 3 aromatic rings. The molecule has 3 fully saturated rings. The molecule has 2 aliphatic heterocycles. The Bertz CT molecular complexity index is 1360. The van der Waals surface area contributed by atoms with Crippen LogP contribution in [0.25, 0.3) is 17.2 Å². The van der Waals surface area contributed by atoms with E-state index in [1.54, 1.807) is 41.2 Å². The minimum Gasteiger partial charge on any atom is -0.365 e. The summed E-state index contributed by atoms with van der Waals surface area (Å²) in [7, 11) is 0. The third-order valence-electron chi connectivity index (χ3n) is 7.31. The topological polar surface area (TPSA) is 83.3 Å². The van der Waals surface area contributed by atoms with Crippen LogP contribution >= 0.6 is 0 Å². The van der Waals surface area contributed by atoms with E-state index in [9.17, 15) is 17.6 Å². The van der Waals surface area contributed by atoms with Gasteiger partial charge in [0, 0.05) is 11.6 Å². The van der Waals surface area contributed by atoms with Gasteiger partial charge in [0.2, 0.25) is 0 Å². The fourth-order valence-electron chi connectivity index (χ4n) is 5.54. The van der Waals surface area contributed by atoms with Crippen LogP contribution in [0.5, 0.6) is 0 Å². The molecule has 6 atom stereocenters. The molecule has 6 rings (SSSR count). The molecule has 0 radical (unpaired) electrons. The maximum absolute atomic E-state index is 14.2. The molecule has 4 heterocycles. The van der Waals surface area contributed by atoms with E-state index in [1.807, 2.05) is 13.8 Å². The molecule has 1 N–H and O–H groups in total. The fraction of sp³-hybridized carbons (Fsp3) is 0.500. The van der Waals surface area contributed by atoms with Crippen LogP contribution in [0.1, 0.15) is 44.9 Å². The maximum Gasteiger partial charge on any atom is 0.391 e. The Morgan fingerprint density at radius 1 is 1.08 bits per heavy atom. The van der Waals surface area contributed by atoms with E-state index in [1.165, 1.54) is 12.4 Å². The van der Waals surface area contributed by atoms with Gasteiger partial charge in [-0.3, -0.25) is 4.57 Å². The number of hydrogen-bond donors (Lipinski definition) is 1. The largest absolute Gasteiger partial charge is 0.391 e. The predicted octanol–water partition coefficient (Wildman–Crippen LogP) is 5.24. The van der Waals surface area contributed by atoms with Crippen molar-refractivity contribution in [2.24, 2.45) is 5.92 Å². The van der Waals surface area contributed by atoms with Crippen LogP contribution in [0, 0.1) is 11.7 Å². The highest BCUT2D eigenvalue weighted by molar-refractivity contribution is 5.82. The second-order valence-electron chi connectivity index (χ2n) is 10.4. The second kappa shape index (κ2) is 9.28. The Balaban J connectivity index is 1.27. The maximum atomic E-state index is 14.2. The van der Waals surface area contributed by atoms with Gasteiger partial charge >= 0.3 is 6.18 Å². The lowest BCUT2D eigenvalue weighted by atomic mass is 10.1. The first-order valence-corrected chi connectivity index (χ1v) is 12.5. The Morgan fingerprint density at radius 2 is 1.87 bits per heavy atom. The summed E-state index contributed by atoms with van der Waals surface area (Å²) in [5.41, 5.74) is 1.29. The Morgan fingerprint density at radius 3 is 2.63 bits per heavy atom. The smallest absolute Gasteiger partial charge is 0.365 e. The molecule has 1 aromatic carbocycles. The Hall–Kier alpha value is -3.09. The molecule has 12 heteroatoms. The molecule has 1 saturated carbocycles. The molecule has 202 valence electrons. The van der Waals surface area contributed by atoms with Gasteiger partial charge < -0.3 is 19.5 Å². The van der Waals surface area contributed by atoms with Gasteiger partial charge in [-0.05, 0) is 39.2 Å². The van der Waals surface area contributed by atoms with Gasteiger partial charge in [-0.1, -0.05) is 30.4 Å². The number of anilines is 1. The number of halogens is 4. The van der Waals surface area contributed by atoms with E-state index in [2.05, 4.69) is 20.3 Å². The lowest BCUT2D eigenvalue weighted by molar-refractivity contribution is -0.191. The van der Waals surface area contributed by atoms with E-state index in [0.717, 1.165) is 0 Å². The lowest BCUT2D eigenvalue weighted by Crippen LogP contribution is -2.28. The summed E-state index contributed by atoms with van der Waals surface area (Å²) in [6.07, 6.45) is 0.379. The average Bonchev–Trinajstić information content (AvgIpc) is 3.62. The SMILES string of the molecule is CC1(C)O[C@H]2[C@H](O1)[C@@H](C=Cc1ccccc1F)O[C@H]2n1cnc2c(NC3CCC(C(F)(F)F)C3)ncnc21. The van der Waals surface area contributed by atoms with Crippen molar-refractivity contribution < 1.29 is 31.8 Å². The first kappa shape index (κ1) is 25.2. The molecular weight excluding hydrogens is 506 g/mol. The minimum atomic E-state index is -4.20. The standard InChI is InChI=1S/C26H27F4N5O3/c1-25(2)37-20-18(10-7-14-5-3-4-6-17(14)27)36-24(21(20)38-25)35-13-33-19-22(31-12-32-23(19)35)34-16-9-8-15(11-16)26(28,29)30/h3-7,10,12-13,15-16,18,20-21,24H,8-9,11H2,1-2H3,(H,31,32,34)/t15?,16?,18-,20-,21+,24-/m1/s1. The molecule has 1 aliphatic carbocycles. The van der Waals surface area contributed by atoms with Crippen molar-refractivity contribution in [2.75, 3.05) is 5.32 Å². The molecule has 2 saturated heterocycles. The monoisotopic (exact) mass is 533 g/mol. The molecule has 0 spiro atoms. The van der Waals surface area contributed by atoms with E-state index in [-0.39, 0.29) is 24.7 Å². The molecular formula is C26H27F4N5O3. The number of hydrogen-bond acceptors (Lipinski definition) is 7. The van der Waals surface area contributed by atoms with Crippen molar-refractivity contribution in [3.05, 3.63) is 54.4 Å². The summed E-state index contributed by atoms with van der Waals surface area (Å²) in [6.45, 7) is 3.62. The van der Waals surface area contributed by atoms with Crippen LogP contribution in [0.3, 0.4) is 0 Å². The van der Waals surface area contributed by atoms with Gasteiger partial charge in [-0.15, -0.1) is 0 Å². The summed E-state index contributed by atoms with van der Waals surface area (Å²) >= 11 is 0. The number of rotatable bonds is 5. The summed E-state index contributed by atoms with van der Waals surface area (Å²) in [6, 6.07) is 6.06. The van der Waals surface area contributed by atoms with E-state index in [0.29, 0.717) is 29.0 Å². The van der Waals surface area contributed by atoms with Crippen LogP contribution in [0.15, 0.2) is 43.0 Å². The van der Waals surface area contributed by atoms with Gasteiger partial charge in [0.1, 0.15) is 30.5 Å². The first-order valence-electron chi connectivity index (χ1n) is 12.5. The van der Waals surface area contributed by atoms with E-state index in [4.69, 9.17) is 14.2 Å². The van der Waals surface area contributed by atoms with Gasteiger partial charge in [0.25, 0.3) is 0 Å². The highest BCUT2D eigenvalue weighted by atomic mass is 19.4. The minimum absolute atomic E-state index is 0.0124. The van der Waals surface area contributed by atoms with Crippen molar-refractivity contribution >= 4 is 23.1 Å². The number of nitrogens with one attached hydrogen (secondary N) is 1. The summed E-state index contributed by atoms with van der Waals surface area (Å²) in [4.78, 5) is 13.1. The van der Waals surface area contributed by atoms with Gasteiger partial charge in [-0.2, -0.15) is 13.2 Å². The number of nitrogens with zero attached hydrogens (tertiary/aromatic N) is 4. The van der Waals surface area contributed by atoms with Gasteiger partial charge in [0.15, 0.2) is 29.0 Å². The second-order valence-corrected chi connectivity index (χ2v) is 10.4. The van der Waals surface area contributed by atoms with Crippen LogP contribution < -0.4 is 5.32 Å². The quantitative estimate of drug-likeness (QED) is 0.449. The molecule has 2 aromatic heterocycles. The third kappa shape index (κ3) is 4.65. The number of benzene rings is 1. The highest BCUT2D eigenvalue weighted by Crippen LogP contribution is 2.45.